The normalized spacial score (nSPS) is 20.5. The Kier molecular flexibility index (Phi) is 5.48. The van der Waals surface area contributed by atoms with Gasteiger partial charge in [0.1, 0.15) is 12.1 Å². The maximum Gasteiger partial charge on any atom is 0.326 e. The lowest BCUT2D eigenvalue weighted by atomic mass is 10.1. The van der Waals surface area contributed by atoms with Crippen molar-refractivity contribution in [3.8, 4) is 0 Å². The molecular weight excluding hydrogens is 266 g/mol. The average molecular weight is 285 g/mol. The first kappa shape index (κ1) is 15.9. The van der Waals surface area contributed by atoms with Gasteiger partial charge in [-0.2, -0.15) is 0 Å². The van der Waals surface area contributed by atoms with E-state index in [1.54, 1.807) is 6.92 Å². The second kappa shape index (κ2) is 6.88. The fraction of sp³-hybridized carbons (Fsp3) is 0.667. The Balaban J connectivity index is 2.55. The minimum Gasteiger partial charge on any atom is -0.480 e. The Morgan fingerprint density at radius 3 is 2.65 bits per heavy atom. The molecule has 8 nitrogen and oxygen atoms in total. The Morgan fingerprint density at radius 1 is 1.45 bits per heavy atom. The van der Waals surface area contributed by atoms with E-state index in [1.807, 2.05) is 0 Å². The highest BCUT2D eigenvalue weighted by Crippen LogP contribution is 2.11. The topological polar surface area (TPSA) is 116 Å². The number of likely N-dealkylation sites (tertiary alicyclic amines) is 1. The number of nitrogens with zero attached hydrogens (tertiary/aromatic N) is 1. The second-order valence-electron chi connectivity index (χ2n) is 4.68. The van der Waals surface area contributed by atoms with Crippen LogP contribution in [0.1, 0.15) is 32.6 Å². The molecule has 1 unspecified atom stereocenters. The van der Waals surface area contributed by atoms with Crippen molar-refractivity contribution in [2.45, 2.75) is 44.7 Å². The van der Waals surface area contributed by atoms with Crippen molar-refractivity contribution in [1.29, 1.82) is 0 Å². The molecule has 4 amide bonds. The first-order valence-corrected chi connectivity index (χ1v) is 6.47. The van der Waals surface area contributed by atoms with Gasteiger partial charge in [0.2, 0.25) is 5.91 Å². The van der Waals surface area contributed by atoms with E-state index in [0.717, 1.165) is 4.90 Å². The maximum atomic E-state index is 11.8. The molecule has 2 atom stereocenters. The minimum atomic E-state index is -1.12. The van der Waals surface area contributed by atoms with Gasteiger partial charge >= 0.3 is 12.0 Å². The van der Waals surface area contributed by atoms with Crippen LogP contribution in [0.25, 0.3) is 0 Å². The number of hydrogen-bond donors (Lipinski definition) is 3. The van der Waals surface area contributed by atoms with Gasteiger partial charge in [-0.05, 0) is 12.8 Å². The maximum absolute atomic E-state index is 11.8. The van der Waals surface area contributed by atoms with Crippen LogP contribution in [0.5, 0.6) is 0 Å². The summed E-state index contributed by atoms with van der Waals surface area (Å²) in [6.45, 7) is 1.81. The first-order chi connectivity index (χ1) is 9.36. The fourth-order valence-electron chi connectivity index (χ4n) is 1.95. The molecular formula is C12H19N3O5. The molecule has 0 aromatic rings. The Hall–Kier alpha value is -2.12. The molecule has 0 bridgehead atoms. The van der Waals surface area contributed by atoms with E-state index in [9.17, 15) is 19.2 Å². The van der Waals surface area contributed by atoms with Gasteiger partial charge in [-0.3, -0.25) is 14.5 Å². The van der Waals surface area contributed by atoms with Crippen LogP contribution in [-0.2, 0) is 14.4 Å². The summed E-state index contributed by atoms with van der Waals surface area (Å²) in [7, 11) is 1.35. The van der Waals surface area contributed by atoms with Crippen LogP contribution in [0, 0.1) is 0 Å². The van der Waals surface area contributed by atoms with Crippen molar-refractivity contribution in [3.05, 3.63) is 0 Å². The zero-order valence-electron chi connectivity index (χ0n) is 11.5. The van der Waals surface area contributed by atoms with Gasteiger partial charge in [0.15, 0.2) is 0 Å². The number of piperidine rings is 1. The van der Waals surface area contributed by atoms with E-state index in [-0.39, 0.29) is 18.7 Å². The number of carboxylic acids is 1. The van der Waals surface area contributed by atoms with Crippen molar-refractivity contribution >= 4 is 23.8 Å². The Bertz CT molecular complexity index is 423. The second-order valence-corrected chi connectivity index (χ2v) is 4.68. The summed E-state index contributed by atoms with van der Waals surface area (Å²) < 4.78 is 0. The number of rotatable bonds is 5. The standard InChI is InChI=1S/C12H19N3O5/c1-3-4-8(11(18)19)14-12(20)13-7-5-6-9(16)15(2)10(7)17/h7-8H,3-6H2,1-2H3,(H,18,19)(H2,13,14,20)/t7?,8-/m0/s1. The predicted molar refractivity (Wildman–Crippen MR) is 68.8 cm³/mol. The van der Waals surface area contributed by atoms with Gasteiger partial charge in [-0.1, -0.05) is 13.3 Å². The smallest absolute Gasteiger partial charge is 0.326 e. The minimum absolute atomic E-state index is 0.171. The molecule has 1 aliphatic heterocycles. The van der Waals surface area contributed by atoms with E-state index in [2.05, 4.69) is 10.6 Å². The zero-order valence-corrected chi connectivity index (χ0v) is 11.5. The highest BCUT2D eigenvalue weighted by Gasteiger charge is 2.33. The zero-order chi connectivity index (χ0) is 15.3. The van der Waals surface area contributed by atoms with Gasteiger partial charge in [0, 0.05) is 13.5 Å². The van der Waals surface area contributed by atoms with Crippen LogP contribution in [-0.4, -0.2) is 53.0 Å². The van der Waals surface area contributed by atoms with Crippen molar-refractivity contribution in [1.82, 2.24) is 15.5 Å². The molecule has 1 rings (SSSR count). The summed E-state index contributed by atoms with van der Waals surface area (Å²) >= 11 is 0. The van der Waals surface area contributed by atoms with E-state index in [0.29, 0.717) is 12.8 Å². The first-order valence-electron chi connectivity index (χ1n) is 6.47. The molecule has 0 aromatic carbocycles. The lowest BCUT2D eigenvalue weighted by molar-refractivity contribution is -0.147. The number of carboxylic acid groups (broad SMARTS) is 1. The molecule has 1 fully saturated rings. The van der Waals surface area contributed by atoms with Gasteiger partial charge in [0.25, 0.3) is 5.91 Å². The van der Waals surface area contributed by atoms with E-state index in [1.165, 1.54) is 7.05 Å². The third-order valence-electron chi connectivity index (χ3n) is 3.14. The Labute approximate surface area is 116 Å². The highest BCUT2D eigenvalue weighted by atomic mass is 16.4. The lowest BCUT2D eigenvalue weighted by Crippen LogP contribution is -2.56. The molecule has 1 saturated heterocycles. The number of nitrogens with one attached hydrogen (secondary N) is 2. The number of aliphatic carboxylic acids is 1. The summed E-state index contributed by atoms with van der Waals surface area (Å²) in [5.74, 6) is -1.90. The molecule has 0 spiro atoms. The van der Waals surface area contributed by atoms with Crippen molar-refractivity contribution in [3.63, 3.8) is 0 Å². The van der Waals surface area contributed by atoms with E-state index < -0.39 is 30.0 Å². The molecule has 1 heterocycles. The van der Waals surface area contributed by atoms with Crippen molar-refractivity contribution in [2.24, 2.45) is 0 Å². The molecule has 0 aromatic heterocycles. The van der Waals surface area contributed by atoms with Crippen LogP contribution >= 0.6 is 0 Å². The SMILES string of the molecule is CCC[C@H](NC(=O)NC1CCC(=O)N(C)C1=O)C(=O)O. The summed E-state index contributed by atoms with van der Waals surface area (Å²) in [5.41, 5.74) is 0. The Morgan fingerprint density at radius 2 is 2.10 bits per heavy atom. The number of amides is 4. The molecule has 0 radical (unpaired) electrons. The largest absolute Gasteiger partial charge is 0.480 e. The van der Waals surface area contributed by atoms with Crippen molar-refractivity contribution in [2.75, 3.05) is 7.05 Å². The van der Waals surface area contributed by atoms with Crippen LogP contribution < -0.4 is 10.6 Å². The molecule has 1 aliphatic rings. The van der Waals surface area contributed by atoms with Gasteiger partial charge < -0.3 is 15.7 Å². The molecule has 112 valence electrons. The highest BCUT2D eigenvalue weighted by molar-refractivity contribution is 6.01. The van der Waals surface area contributed by atoms with Crippen LogP contribution in [0.3, 0.4) is 0 Å². The molecule has 3 N–H and O–H groups in total. The molecule has 20 heavy (non-hydrogen) atoms. The third kappa shape index (κ3) is 3.94. The summed E-state index contributed by atoms with van der Waals surface area (Å²) in [5, 5.41) is 13.6. The number of hydrogen-bond acceptors (Lipinski definition) is 4. The molecule has 0 aliphatic carbocycles. The summed E-state index contributed by atoms with van der Waals surface area (Å²) in [6, 6.07) is -2.50. The molecule has 0 saturated carbocycles. The number of likely N-dealkylation sites (N-methyl/N-ethyl adjacent to an activating group) is 1. The number of carbonyl (C=O) groups excluding carboxylic acids is 3. The van der Waals surface area contributed by atoms with E-state index >= 15 is 0 Å². The van der Waals surface area contributed by atoms with E-state index in [4.69, 9.17) is 5.11 Å². The average Bonchev–Trinajstić information content (AvgIpc) is 2.39. The van der Waals surface area contributed by atoms with Crippen molar-refractivity contribution < 1.29 is 24.3 Å². The summed E-state index contributed by atoms with van der Waals surface area (Å²) in [6.07, 6.45) is 1.31. The van der Waals surface area contributed by atoms with Gasteiger partial charge in [0.05, 0.1) is 0 Å². The third-order valence-corrected chi connectivity index (χ3v) is 3.14. The van der Waals surface area contributed by atoms with Crippen LogP contribution in [0.15, 0.2) is 0 Å². The molecule has 8 heteroatoms. The van der Waals surface area contributed by atoms with Crippen LogP contribution in [0.2, 0.25) is 0 Å². The number of imide groups is 1. The van der Waals surface area contributed by atoms with Gasteiger partial charge in [-0.25, -0.2) is 9.59 Å². The van der Waals surface area contributed by atoms with Gasteiger partial charge in [-0.15, -0.1) is 0 Å². The number of urea groups is 1. The predicted octanol–water partition coefficient (Wildman–Crippen LogP) is -0.314. The summed E-state index contributed by atoms with van der Waals surface area (Å²) in [4.78, 5) is 46.6. The number of carbonyl (C=O) groups is 4. The quantitative estimate of drug-likeness (QED) is 0.599. The van der Waals surface area contributed by atoms with Crippen LogP contribution in [0.4, 0.5) is 4.79 Å². The fourth-order valence-corrected chi connectivity index (χ4v) is 1.95. The lowest BCUT2D eigenvalue weighted by Gasteiger charge is -2.28. The monoisotopic (exact) mass is 285 g/mol.